The Kier molecular flexibility index (Phi) is 8.14. The first-order valence-electron chi connectivity index (χ1n) is 5.50. The Balaban J connectivity index is 3.49. The van der Waals surface area contributed by atoms with Crippen molar-refractivity contribution in [3.05, 3.63) is 0 Å². The Bertz CT molecular complexity index is 128. The van der Waals surface area contributed by atoms with Crippen LogP contribution < -0.4 is 0 Å². The second kappa shape index (κ2) is 8.21. The van der Waals surface area contributed by atoms with E-state index in [1.165, 1.54) is 0 Å². The molecule has 0 aromatic rings. The van der Waals surface area contributed by atoms with Gasteiger partial charge in [0.25, 0.3) is 0 Å². The molecule has 0 spiro atoms. The van der Waals surface area contributed by atoms with Crippen LogP contribution in [0.15, 0.2) is 0 Å². The molecule has 1 unspecified atom stereocenters. The van der Waals surface area contributed by atoms with Gasteiger partial charge in [-0.15, -0.1) is 0 Å². The van der Waals surface area contributed by atoms with Crippen LogP contribution in [0.25, 0.3) is 0 Å². The molecule has 0 aliphatic heterocycles. The molecule has 0 aliphatic carbocycles. The summed E-state index contributed by atoms with van der Waals surface area (Å²) in [5.74, 6) is 0. The highest BCUT2D eigenvalue weighted by Crippen LogP contribution is 2.01. The number of nitrogens with zero attached hydrogens (tertiary/aromatic N) is 2. The molecule has 0 aromatic carbocycles. The summed E-state index contributed by atoms with van der Waals surface area (Å²) in [7, 11) is 6.40. The topological polar surface area (TPSA) is 15.7 Å². The third-order valence-electron chi connectivity index (χ3n) is 2.54. The fourth-order valence-corrected chi connectivity index (χ4v) is 1.20. The summed E-state index contributed by atoms with van der Waals surface area (Å²) in [5.41, 5.74) is 0. The Morgan fingerprint density at radius 1 is 1.14 bits per heavy atom. The van der Waals surface area contributed by atoms with Gasteiger partial charge in [0.1, 0.15) is 0 Å². The minimum absolute atomic E-state index is 0.612. The van der Waals surface area contributed by atoms with Crippen molar-refractivity contribution in [3.63, 3.8) is 0 Å². The molecule has 0 rings (SSSR count). The second-order valence-corrected chi connectivity index (χ2v) is 4.12. The highest BCUT2D eigenvalue weighted by atomic mass is 16.5. The van der Waals surface area contributed by atoms with Crippen LogP contribution >= 0.6 is 0 Å². The summed E-state index contributed by atoms with van der Waals surface area (Å²) < 4.78 is 5.34. The highest BCUT2D eigenvalue weighted by molar-refractivity contribution is 4.63. The standard InChI is InChI=1S/C11H26N2O/c1-6-14-10-7-11(2)13(5)9-8-12(3)4/h11H,6-10H2,1-5H3. The zero-order valence-electron chi connectivity index (χ0n) is 10.4. The number of hydrogen-bond acceptors (Lipinski definition) is 3. The molecule has 3 nitrogen and oxygen atoms in total. The molecule has 0 aliphatic rings. The minimum atomic E-state index is 0.612. The van der Waals surface area contributed by atoms with Crippen LogP contribution in [0.2, 0.25) is 0 Å². The van der Waals surface area contributed by atoms with Gasteiger partial charge in [-0.25, -0.2) is 0 Å². The predicted molar refractivity (Wildman–Crippen MR) is 61.8 cm³/mol. The molecule has 0 bridgehead atoms. The van der Waals surface area contributed by atoms with Crippen molar-refractivity contribution in [2.24, 2.45) is 0 Å². The number of ether oxygens (including phenoxy) is 1. The molecule has 86 valence electrons. The summed E-state index contributed by atoms with van der Waals surface area (Å²) in [6, 6.07) is 0.612. The number of likely N-dealkylation sites (N-methyl/N-ethyl adjacent to an activating group) is 2. The van der Waals surface area contributed by atoms with Gasteiger partial charge in [-0.1, -0.05) is 0 Å². The maximum atomic E-state index is 5.34. The lowest BCUT2D eigenvalue weighted by Crippen LogP contribution is -2.35. The van der Waals surface area contributed by atoms with Gasteiger partial charge >= 0.3 is 0 Å². The first-order chi connectivity index (χ1) is 6.57. The quantitative estimate of drug-likeness (QED) is 0.552. The monoisotopic (exact) mass is 202 g/mol. The summed E-state index contributed by atoms with van der Waals surface area (Å²) in [6.45, 7) is 8.25. The van der Waals surface area contributed by atoms with Crippen molar-refractivity contribution in [3.8, 4) is 0 Å². The zero-order chi connectivity index (χ0) is 11.0. The predicted octanol–water partition coefficient (Wildman–Crippen LogP) is 1.29. The van der Waals surface area contributed by atoms with Crippen LogP contribution in [-0.4, -0.2) is 63.3 Å². The molecule has 0 aromatic heterocycles. The van der Waals surface area contributed by atoms with Gasteiger partial charge < -0.3 is 14.5 Å². The first-order valence-corrected chi connectivity index (χ1v) is 5.50. The molecule has 0 N–H and O–H groups in total. The van der Waals surface area contributed by atoms with Crippen molar-refractivity contribution in [1.29, 1.82) is 0 Å². The molecule has 0 saturated heterocycles. The van der Waals surface area contributed by atoms with Gasteiger partial charge in [0.15, 0.2) is 0 Å². The average molecular weight is 202 g/mol. The molecule has 3 heteroatoms. The fraction of sp³-hybridized carbons (Fsp3) is 1.00. The summed E-state index contributed by atoms with van der Waals surface area (Å²) in [5, 5.41) is 0. The maximum absolute atomic E-state index is 5.34. The molecule has 0 fully saturated rings. The Morgan fingerprint density at radius 3 is 2.29 bits per heavy atom. The van der Waals surface area contributed by atoms with Crippen molar-refractivity contribution in [2.45, 2.75) is 26.3 Å². The molecular weight excluding hydrogens is 176 g/mol. The SMILES string of the molecule is CCOCCC(C)N(C)CCN(C)C. The van der Waals surface area contributed by atoms with Crippen molar-refractivity contribution in [2.75, 3.05) is 47.4 Å². The van der Waals surface area contributed by atoms with Crippen molar-refractivity contribution in [1.82, 2.24) is 9.80 Å². The van der Waals surface area contributed by atoms with E-state index in [0.717, 1.165) is 32.7 Å². The van der Waals surface area contributed by atoms with Gasteiger partial charge in [0.05, 0.1) is 0 Å². The fourth-order valence-electron chi connectivity index (χ4n) is 1.20. The molecule has 0 saturated carbocycles. The van der Waals surface area contributed by atoms with Crippen LogP contribution in [0.3, 0.4) is 0 Å². The van der Waals surface area contributed by atoms with Crippen LogP contribution in [0.5, 0.6) is 0 Å². The molecule has 1 atom stereocenters. The van der Waals surface area contributed by atoms with Crippen LogP contribution in [0, 0.1) is 0 Å². The van der Waals surface area contributed by atoms with E-state index in [-0.39, 0.29) is 0 Å². The van der Waals surface area contributed by atoms with Crippen LogP contribution in [-0.2, 0) is 4.74 Å². The lowest BCUT2D eigenvalue weighted by molar-refractivity contribution is 0.116. The molecule has 14 heavy (non-hydrogen) atoms. The van der Waals surface area contributed by atoms with E-state index in [2.05, 4.69) is 37.9 Å². The van der Waals surface area contributed by atoms with E-state index >= 15 is 0 Å². The highest BCUT2D eigenvalue weighted by Gasteiger charge is 2.08. The van der Waals surface area contributed by atoms with E-state index in [9.17, 15) is 0 Å². The molecular formula is C11H26N2O. The van der Waals surface area contributed by atoms with E-state index in [1.54, 1.807) is 0 Å². The van der Waals surface area contributed by atoms with Gasteiger partial charge in [0.2, 0.25) is 0 Å². The number of hydrogen-bond donors (Lipinski definition) is 0. The third-order valence-corrected chi connectivity index (χ3v) is 2.54. The van der Waals surface area contributed by atoms with Gasteiger partial charge in [-0.3, -0.25) is 0 Å². The van der Waals surface area contributed by atoms with E-state index in [1.807, 2.05) is 6.92 Å². The van der Waals surface area contributed by atoms with Gasteiger partial charge in [-0.2, -0.15) is 0 Å². The van der Waals surface area contributed by atoms with Crippen molar-refractivity contribution >= 4 is 0 Å². The lowest BCUT2D eigenvalue weighted by Gasteiger charge is -2.25. The van der Waals surface area contributed by atoms with E-state index < -0.39 is 0 Å². The second-order valence-electron chi connectivity index (χ2n) is 4.12. The maximum Gasteiger partial charge on any atom is 0.0480 e. The largest absolute Gasteiger partial charge is 0.382 e. The lowest BCUT2D eigenvalue weighted by atomic mass is 10.2. The Hall–Kier alpha value is -0.120. The minimum Gasteiger partial charge on any atom is -0.382 e. The van der Waals surface area contributed by atoms with Gasteiger partial charge in [-0.05, 0) is 41.4 Å². The molecule has 0 amide bonds. The third kappa shape index (κ3) is 7.30. The van der Waals surface area contributed by atoms with E-state index in [4.69, 9.17) is 4.74 Å². The zero-order valence-corrected chi connectivity index (χ0v) is 10.4. The van der Waals surface area contributed by atoms with E-state index in [0.29, 0.717) is 6.04 Å². The Labute approximate surface area is 89.0 Å². The molecule has 0 radical (unpaired) electrons. The van der Waals surface area contributed by atoms with Gasteiger partial charge in [0, 0.05) is 32.3 Å². The summed E-state index contributed by atoms with van der Waals surface area (Å²) >= 11 is 0. The number of rotatable bonds is 8. The van der Waals surface area contributed by atoms with Crippen molar-refractivity contribution < 1.29 is 4.74 Å². The first kappa shape index (κ1) is 13.9. The average Bonchev–Trinajstić information content (AvgIpc) is 2.14. The smallest absolute Gasteiger partial charge is 0.0480 e. The summed E-state index contributed by atoms with van der Waals surface area (Å²) in [6.07, 6.45) is 1.12. The summed E-state index contributed by atoms with van der Waals surface area (Å²) in [4.78, 5) is 4.60. The van der Waals surface area contributed by atoms with Crippen LogP contribution in [0.1, 0.15) is 20.3 Å². The molecule has 0 heterocycles. The Morgan fingerprint density at radius 2 is 1.79 bits per heavy atom. The van der Waals surface area contributed by atoms with Crippen LogP contribution in [0.4, 0.5) is 0 Å². The normalized spacial score (nSPS) is 13.9.